The summed E-state index contributed by atoms with van der Waals surface area (Å²) in [5, 5.41) is 2.98. The van der Waals surface area contributed by atoms with Gasteiger partial charge in [0.05, 0.1) is 29.1 Å². The van der Waals surface area contributed by atoms with Gasteiger partial charge in [-0.25, -0.2) is 8.42 Å². The van der Waals surface area contributed by atoms with Crippen molar-refractivity contribution < 1.29 is 17.9 Å². The molecule has 0 spiro atoms. The van der Waals surface area contributed by atoms with E-state index in [-0.39, 0.29) is 17.1 Å². The summed E-state index contributed by atoms with van der Waals surface area (Å²) in [6.45, 7) is 4.57. The van der Waals surface area contributed by atoms with E-state index in [1.807, 2.05) is 32.0 Å². The minimum atomic E-state index is -3.43. The van der Waals surface area contributed by atoms with Crippen LogP contribution in [0.25, 0.3) is 0 Å². The molecule has 0 aliphatic carbocycles. The Morgan fingerprint density at radius 3 is 2.59 bits per heavy atom. The molecule has 0 aliphatic heterocycles. The van der Waals surface area contributed by atoms with Crippen molar-refractivity contribution >= 4 is 33.2 Å². The molecule has 6 nitrogen and oxygen atoms in total. The average molecular weight is 411 g/mol. The fourth-order valence-electron chi connectivity index (χ4n) is 2.38. The Bertz CT molecular complexity index is 945. The number of amides is 1. The predicted octanol–water partition coefficient (Wildman–Crippen LogP) is 3.16. The van der Waals surface area contributed by atoms with E-state index in [9.17, 15) is 13.2 Å². The molecule has 2 rings (SSSR count). The third-order valence-corrected chi connectivity index (χ3v) is 5.79. The first-order valence-electron chi connectivity index (χ1n) is 8.32. The van der Waals surface area contributed by atoms with E-state index in [2.05, 4.69) is 5.32 Å². The first kappa shape index (κ1) is 21.1. The second kappa shape index (κ2) is 8.63. The molecule has 0 unspecified atom stereocenters. The van der Waals surface area contributed by atoms with Gasteiger partial charge in [0, 0.05) is 7.05 Å². The van der Waals surface area contributed by atoms with E-state index < -0.39 is 15.9 Å². The highest BCUT2D eigenvalue weighted by atomic mass is 35.5. The van der Waals surface area contributed by atoms with E-state index in [1.54, 1.807) is 6.07 Å². The van der Waals surface area contributed by atoms with Gasteiger partial charge in [0.1, 0.15) is 12.4 Å². The molecule has 0 aliphatic rings. The molecule has 27 heavy (non-hydrogen) atoms. The van der Waals surface area contributed by atoms with E-state index in [4.69, 9.17) is 16.3 Å². The summed E-state index contributed by atoms with van der Waals surface area (Å²) in [5.74, 6) is 0.382. The van der Waals surface area contributed by atoms with Crippen LogP contribution >= 0.6 is 11.6 Å². The van der Waals surface area contributed by atoms with Gasteiger partial charge in [-0.1, -0.05) is 23.7 Å². The van der Waals surface area contributed by atoms with Crippen molar-refractivity contribution in [3.8, 4) is 5.75 Å². The molecular weight excluding hydrogens is 388 g/mol. The van der Waals surface area contributed by atoms with E-state index >= 15 is 0 Å². The number of hydrogen-bond donors (Lipinski definition) is 1. The molecule has 8 heteroatoms. The minimum absolute atomic E-state index is 0.205. The van der Waals surface area contributed by atoms with Crippen LogP contribution in [0.5, 0.6) is 5.75 Å². The number of carbonyl (C=O) groups is 1. The van der Waals surface area contributed by atoms with E-state index in [0.29, 0.717) is 12.3 Å². The lowest BCUT2D eigenvalue weighted by molar-refractivity contribution is 0.0947. The standard InChI is InChI=1S/C19H23ClN2O4S/c1-13-6-5-7-18(14(13)2)26-11-10-21-19(23)16-12-15(8-9-17(16)20)22(3)27(4,24)25/h5-9,12H,10-11H2,1-4H3,(H,21,23). The average Bonchev–Trinajstić information content (AvgIpc) is 2.61. The summed E-state index contributed by atoms with van der Waals surface area (Å²) < 4.78 is 30.1. The molecule has 1 amide bonds. The maximum absolute atomic E-state index is 12.4. The highest BCUT2D eigenvalue weighted by molar-refractivity contribution is 7.92. The van der Waals surface area contributed by atoms with Crippen molar-refractivity contribution in [3.63, 3.8) is 0 Å². The third-order valence-electron chi connectivity index (χ3n) is 4.26. The Kier molecular flexibility index (Phi) is 6.73. The summed E-state index contributed by atoms with van der Waals surface area (Å²) in [6, 6.07) is 10.3. The van der Waals surface area contributed by atoms with Crippen molar-refractivity contribution in [2.75, 3.05) is 30.8 Å². The van der Waals surface area contributed by atoms with Crippen LogP contribution in [0.2, 0.25) is 5.02 Å². The second-order valence-electron chi connectivity index (χ2n) is 6.20. The van der Waals surface area contributed by atoms with Gasteiger partial charge in [-0.05, 0) is 49.2 Å². The molecule has 146 valence electrons. The molecule has 0 saturated heterocycles. The number of sulfonamides is 1. The number of rotatable bonds is 7. The van der Waals surface area contributed by atoms with Crippen LogP contribution in [-0.4, -0.2) is 40.8 Å². The molecule has 0 fully saturated rings. The zero-order valence-electron chi connectivity index (χ0n) is 15.7. The van der Waals surface area contributed by atoms with Crippen molar-refractivity contribution in [2.24, 2.45) is 0 Å². The van der Waals surface area contributed by atoms with Gasteiger partial charge in [0.25, 0.3) is 5.91 Å². The fourth-order valence-corrected chi connectivity index (χ4v) is 3.08. The van der Waals surface area contributed by atoms with Gasteiger partial charge in [-0.15, -0.1) is 0 Å². The molecule has 2 aromatic carbocycles. The number of hydrogen-bond acceptors (Lipinski definition) is 4. The predicted molar refractivity (Wildman–Crippen MR) is 108 cm³/mol. The molecular formula is C19H23ClN2O4S. The van der Waals surface area contributed by atoms with Gasteiger partial charge in [-0.2, -0.15) is 0 Å². The van der Waals surface area contributed by atoms with Crippen LogP contribution in [0.15, 0.2) is 36.4 Å². The van der Waals surface area contributed by atoms with Crippen LogP contribution in [0, 0.1) is 13.8 Å². The number of benzene rings is 2. The Morgan fingerprint density at radius 2 is 1.93 bits per heavy atom. The smallest absolute Gasteiger partial charge is 0.252 e. The van der Waals surface area contributed by atoms with Gasteiger partial charge in [0.2, 0.25) is 10.0 Å². The molecule has 1 N–H and O–H groups in total. The lowest BCUT2D eigenvalue weighted by Crippen LogP contribution is -2.29. The quantitative estimate of drug-likeness (QED) is 0.711. The Hall–Kier alpha value is -2.25. The van der Waals surface area contributed by atoms with Gasteiger partial charge >= 0.3 is 0 Å². The number of nitrogens with one attached hydrogen (secondary N) is 1. The number of carbonyl (C=O) groups excluding carboxylic acids is 1. The molecule has 0 bridgehead atoms. The normalized spacial score (nSPS) is 11.1. The molecule has 0 aromatic heterocycles. The largest absolute Gasteiger partial charge is 0.491 e. The number of aryl methyl sites for hydroxylation is 1. The number of ether oxygens (including phenoxy) is 1. The fraction of sp³-hybridized carbons (Fsp3) is 0.316. The number of nitrogens with zero attached hydrogens (tertiary/aromatic N) is 1. The SMILES string of the molecule is Cc1cccc(OCCNC(=O)c2cc(N(C)S(C)(=O)=O)ccc2Cl)c1C. The van der Waals surface area contributed by atoms with Gasteiger partial charge in [-0.3, -0.25) is 9.10 Å². The summed E-state index contributed by atoms with van der Waals surface area (Å²) >= 11 is 6.10. The first-order valence-corrected chi connectivity index (χ1v) is 10.5. The van der Waals surface area contributed by atoms with Crippen LogP contribution in [0.4, 0.5) is 5.69 Å². The van der Waals surface area contributed by atoms with Gasteiger partial charge < -0.3 is 10.1 Å². The zero-order chi connectivity index (χ0) is 20.2. The van der Waals surface area contributed by atoms with E-state index in [0.717, 1.165) is 27.4 Å². The maximum atomic E-state index is 12.4. The number of halogens is 1. The van der Waals surface area contributed by atoms with Gasteiger partial charge in [0.15, 0.2) is 0 Å². The summed E-state index contributed by atoms with van der Waals surface area (Å²) in [5.41, 5.74) is 2.76. The molecule has 0 saturated carbocycles. The lowest BCUT2D eigenvalue weighted by Gasteiger charge is -2.18. The lowest BCUT2D eigenvalue weighted by atomic mass is 10.1. The molecule has 0 radical (unpaired) electrons. The van der Waals surface area contributed by atoms with Crippen LogP contribution in [-0.2, 0) is 10.0 Å². The Morgan fingerprint density at radius 1 is 1.22 bits per heavy atom. The second-order valence-corrected chi connectivity index (χ2v) is 8.62. The maximum Gasteiger partial charge on any atom is 0.252 e. The van der Waals surface area contributed by atoms with Crippen molar-refractivity contribution in [1.29, 1.82) is 0 Å². The molecule has 0 atom stereocenters. The summed E-state index contributed by atoms with van der Waals surface area (Å²) in [7, 11) is -2.02. The van der Waals surface area contributed by atoms with Crippen molar-refractivity contribution in [3.05, 3.63) is 58.1 Å². The summed E-state index contributed by atoms with van der Waals surface area (Å²) in [4.78, 5) is 12.4. The molecule has 2 aromatic rings. The Labute approximate surface area is 165 Å². The minimum Gasteiger partial charge on any atom is -0.491 e. The third kappa shape index (κ3) is 5.37. The monoisotopic (exact) mass is 410 g/mol. The topological polar surface area (TPSA) is 75.7 Å². The Balaban J connectivity index is 2.00. The van der Waals surface area contributed by atoms with E-state index in [1.165, 1.54) is 19.2 Å². The van der Waals surface area contributed by atoms with Crippen LogP contribution in [0.1, 0.15) is 21.5 Å². The highest BCUT2D eigenvalue weighted by Gasteiger charge is 2.16. The van der Waals surface area contributed by atoms with Crippen molar-refractivity contribution in [1.82, 2.24) is 5.32 Å². The number of anilines is 1. The zero-order valence-corrected chi connectivity index (χ0v) is 17.3. The van der Waals surface area contributed by atoms with Crippen LogP contribution in [0.3, 0.4) is 0 Å². The van der Waals surface area contributed by atoms with Crippen LogP contribution < -0.4 is 14.4 Å². The molecule has 0 heterocycles. The highest BCUT2D eigenvalue weighted by Crippen LogP contribution is 2.24. The van der Waals surface area contributed by atoms with Crippen molar-refractivity contribution in [2.45, 2.75) is 13.8 Å². The summed E-state index contributed by atoms with van der Waals surface area (Å²) in [6.07, 6.45) is 1.09. The first-order chi connectivity index (χ1) is 12.6.